The van der Waals surface area contributed by atoms with Gasteiger partial charge in [-0.05, 0) is 48.6 Å². The molecular formula is C19H22N4O3. The van der Waals surface area contributed by atoms with E-state index in [1.54, 1.807) is 17.2 Å². The molecule has 0 bridgehead atoms. The molecule has 0 saturated carbocycles. The summed E-state index contributed by atoms with van der Waals surface area (Å²) in [6, 6.07) is 7.33. The largest absolute Gasteiger partial charge is 0.493 e. The summed E-state index contributed by atoms with van der Waals surface area (Å²) in [5, 5.41) is 0. The molecule has 0 spiro atoms. The van der Waals surface area contributed by atoms with Crippen LogP contribution in [0.1, 0.15) is 28.8 Å². The van der Waals surface area contributed by atoms with Gasteiger partial charge in [0.05, 0.1) is 6.61 Å². The highest BCUT2D eigenvalue weighted by atomic mass is 16.5. The monoisotopic (exact) mass is 354 g/mol. The van der Waals surface area contributed by atoms with E-state index in [2.05, 4.69) is 9.97 Å². The smallest absolute Gasteiger partial charge is 0.259 e. The summed E-state index contributed by atoms with van der Waals surface area (Å²) < 4.78 is 11.0. The second-order valence-electron chi connectivity index (χ2n) is 6.67. The molecule has 7 heteroatoms. The van der Waals surface area contributed by atoms with Gasteiger partial charge in [-0.3, -0.25) is 9.69 Å². The van der Waals surface area contributed by atoms with Crippen LogP contribution >= 0.6 is 0 Å². The Balaban J connectivity index is 1.63. The molecule has 1 aromatic carbocycles. The lowest BCUT2D eigenvalue weighted by atomic mass is 9.99. The SMILES string of the molecule is Nc1nccc(N(CC2CCOCC2)C(=O)c2ccc3c(c2)CCO3)n1. The van der Waals surface area contributed by atoms with Crippen LogP contribution in [-0.4, -0.2) is 42.2 Å². The van der Waals surface area contributed by atoms with Gasteiger partial charge >= 0.3 is 0 Å². The Bertz CT molecular complexity index is 805. The van der Waals surface area contributed by atoms with Crippen LogP contribution in [0.2, 0.25) is 0 Å². The predicted octanol–water partition coefficient (Wildman–Crippen LogP) is 2.07. The summed E-state index contributed by atoms with van der Waals surface area (Å²) in [5.41, 5.74) is 7.46. The van der Waals surface area contributed by atoms with Gasteiger partial charge in [-0.1, -0.05) is 0 Å². The molecule has 2 aromatic rings. The van der Waals surface area contributed by atoms with Crippen LogP contribution in [0.5, 0.6) is 5.75 Å². The van der Waals surface area contributed by atoms with Gasteiger partial charge < -0.3 is 15.2 Å². The molecule has 1 saturated heterocycles. The summed E-state index contributed by atoms with van der Waals surface area (Å²) >= 11 is 0. The lowest BCUT2D eigenvalue weighted by Crippen LogP contribution is -2.38. The van der Waals surface area contributed by atoms with E-state index < -0.39 is 0 Å². The maximum absolute atomic E-state index is 13.3. The summed E-state index contributed by atoms with van der Waals surface area (Å²) in [7, 11) is 0. The maximum atomic E-state index is 13.3. The summed E-state index contributed by atoms with van der Waals surface area (Å²) in [6.45, 7) is 2.72. The van der Waals surface area contributed by atoms with Crippen LogP contribution in [0, 0.1) is 5.92 Å². The molecule has 3 heterocycles. The Kier molecular flexibility index (Phi) is 4.71. The number of ether oxygens (including phenoxy) is 2. The molecule has 7 nitrogen and oxygen atoms in total. The van der Waals surface area contributed by atoms with E-state index in [0.29, 0.717) is 30.5 Å². The zero-order valence-corrected chi connectivity index (χ0v) is 14.6. The first-order valence-corrected chi connectivity index (χ1v) is 8.94. The third-order valence-electron chi connectivity index (χ3n) is 4.90. The van der Waals surface area contributed by atoms with E-state index >= 15 is 0 Å². The maximum Gasteiger partial charge on any atom is 0.259 e. The Hall–Kier alpha value is -2.67. The van der Waals surface area contributed by atoms with Gasteiger partial charge in [0.25, 0.3) is 5.91 Å². The number of carbonyl (C=O) groups is 1. The molecule has 1 amide bonds. The van der Waals surface area contributed by atoms with Gasteiger partial charge in [-0.15, -0.1) is 0 Å². The third kappa shape index (κ3) is 3.48. The molecule has 0 aliphatic carbocycles. The molecule has 2 aliphatic heterocycles. The van der Waals surface area contributed by atoms with Crippen LogP contribution in [0.4, 0.5) is 11.8 Å². The predicted molar refractivity (Wildman–Crippen MR) is 97.3 cm³/mol. The van der Waals surface area contributed by atoms with E-state index in [-0.39, 0.29) is 11.9 Å². The van der Waals surface area contributed by atoms with Crippen molar-refractivity contribution in [1.82, 2.24) is 9.97 Å². The molecule has 1 aromatic heterocycles. The number of aromatic nitrogens is 2. The van der Waals surface area contributed by atoms with Crippen molar-refractivity contribution in [2.24, 2.45) is 5.92 Å². The number of rotatable bonds is 4. The number of nitrogens with two attached hydrogens (primary N) is 1. The Morgan fingerprint density at radius 2 is 2.08 bits per heavy atom. The van der Waals surface area contributed by atoms with Crippen molar-refractivity contribution in [3.8, 4) is 5.75 Å². The molecule has 0 unspecified atom stereocenters. The van der Waals surface area contributed by atoms with Gasteiger partial charge in [-0.2, -0.15) is 4.98 Å². The molecular weight excluding hydrogens is 332 g/mol. The lowest BCUT2D eigenvalue weighted by Gasteiger charge is -2.29. The number of nitrogens with zero attached hydrogens (tertiary/aromatic N) is 3. The number of carbonyl (C=O) groups excluding carboxylic acids is 1. The van der Waals surface area contributed by atoms with Crippen molar-refractivity contribution in [1.29, 1.82) is 0 Å². The number of benzene rings is 1. The Morgan fingerprint density at radius 3 is 2.88 bits per heavy atom. The first-order chi connectivity index (χ1) is 12.7. The number of hydrogen-bond donors (Lipinski definition) is 1. The topological polar surface area (TPSA) is 90.6 Å². The first-order valence-electron chi connectivity index (χ1n) is 8.94. The van der Waals surface area contributed by atoms with Crippen molar-refractivity contribution in [2.75, 3.05) is 37.0 Å². The standard InChI is InChI=1S/C19H22N4O3/c20-19-21-7-3-17(22-19)23(12-13-4-8-25-9-5-13)18(24)15-1-2-16-14(11-15)6-10-26-16/h1-3,7,11,13H,4-6,8-10,12H2,(H2,20,21,22). The number of anilines is 2. The van der Waals surface area contributed by atoms with Crippen LogP contribution < -0.4 is 15.4 Å². The number of fused-ring (bicyclic) bond motifs is 1. The Labute approximate surface area is 152 Å². The summed E-state index contributed by atoms with van der Waals surface area (Å²) in [6.07, 6.45) is 4.28. The van der Waals surface area contributed by atoms with Gasteiger partial charge in [-0.25, -0.2) is 4.98 Å². The minimum Gasteiger partial charge on any atom is -0.493 e. The average Bonchev–Trinajstić information content (AvgIpc) is 3.14. The number of hydrogen-bond acceptors (Lipinski definition) is 6. The van der Waals surface area contributed by atoms with Crippen LogP contribution in [-0.2, 0) is 11.2 Å². The minimum atomic E-state index is -0.0794. The van der Waals surface area contributed by atoms with Crippen LogP contribution in [0.3, 0.4) is 0 Å². The number of amides is 1. The molecule has 26 heavy (non-hydrogen) atoms. The molecule has 0 atom stereocenters. The minimum absolute atomic E-state index is 0.0794. The fourth-order valence-electron chi connectivity index (χ4n) is 3.46. The second-order valence-corrected chi connectivity index (χ2v) is 6.67. The summed E-state index contributed by atoms with van der Waals surface area (Å²) in [4.78, 5) is 23.2. The van der Waals surface area contributed by atoms with Gasteiger partial charge in [0.1, 0.15) is 11.6 Å². The lowest BCUT2D eigenvalue weighted by molar-refractivity contribution is 0.0668. The molecule has 1 fully saturated rings. The molecule has 2 aliphatic rings. The Morgan fingerprint density at radius 1 is 1.23 bits per heavy atom. The van der Waals surface area contributed by atoms with E-state index in [1.165, 1.54) is 0 Å². The van der Waals surface area contributed by atoms with Gasteiger partial charge in [0.15, 0.2) is 0 Å². The van der Waals surface area contributed by atoms with Gasteiger partial charge in [0.2, 0.25) is 5.95 Å². The fourth-order valence-corrected chi connectivity index (χ4v) is 3.46. The quantitative estimate of drug-likeness (QED) is 0.904. The highest BCUT2D eigenvalue weighted by molar-refractivity contribution is 6.05. The van der Waals surface area contributed by atoms with Crippen molar-refractivity contribution in [2.45, 2.75) is 19.3 Å². The van der Waals surface area contributed by atoms with Crippen LogP contribution in [0.15, 0.2) is 30.5 Å². The zero-order chi connectivity index (χ0) is 17.9. The van der Waals surface area contributed by atoms with E-state index in [4.69, 9.17) is 15.2 Å². The average molecular weight is 354 g/mol. The second kappa shape index (κ2) is 7.29. The molecule has 4 rings (SSSR count). The zero-order valence-electron chi connectivity index (χ0n) is 14.6. The molecule has 2 N–H and O–H groups in total. The first kappa shape index (κ1) is 16.8. The van der Waals surface area contributed by atoms with E-state index in [1.807, 2.05) is 18.2 Å². The normalized spacial score (nSPS) is 16.8. The van der Waals surface area contributed by atoms with Crippen molar-refractivity contribution < 1.29 is 14.3 Å². The summed E-state index contributed by atoms with van der Waals surface area (Å²) in [5.74, 6) is 1.86. The molecule has 136 valence electrons. The van der Waals surface area contributed by atoms with Crippen molar-refractivity contribution in [3.63, 3.8) is 0 Å². The van der Waals surface area contributed by atoms with Crippen molar-refractivity contribution >= 4 is 17.7 Å². The van der Waals surface area contributed by atoms with E-state index in [9.17, 15) is 4.79 Å². The fraction of sp³-hybridized carbons (Fsp3) is 0.421. The van der Waals surface area contributed by atoms with Crippen LogP contribution in [0.25, 0.3) is 0 Å². The van der Waals surface area contributed by atoms with E-state index in [0.717, 1.165) is 43.8 Å². The molecule has 0 radical (unpaired) electrons. The third-order valence-corrected chi connectivity index (χ3v) is 4.90. The highest BCUT2D eigenvalue weighted by Gasteiger charge is 2.26. The van der Waals surface area contributed by atoms with Gasteiger partial charge in [0, 0.05) is 37.9 Å². The van der Waals surface area contributed by atoms with Crippen molar-refractivity contribution in [3.05, 3.63) is 41.6 Å². The highest BCUT2D eigenvalue weighted by Crippen LogP contribution is 2.28. The number of nitrogen functional groups attached to an aromatic ring is 1.